The van der Waals surface area contributed by atoms with Crippen LogP contribution in [0.25, 0.3) is 0 Å². The van der Waals surface area contributed by atoms with Gasteiger partial charge < -0.3 is 19.8 Å². The Labute approximate surface area is 351 Å². The maximum Gasteiger partial charge on any atom is 0.472 e. The highest BCUT2D eigenvalue weighted by atomic mass is 31.2. The van der Waals surface area contributed by atoms with Crippen molar-refractivity contribution in [2.75, 3.05) is 40.9 Å². The monoisotopic (exact) mass is 820 g/mol. The van der Waals surface area contributed by atoms with Gasteiger partial charge in [-0.25, -0.2) is 4.57 Å². The van der Waals surface area contributed by atoms with Crippen LogP contribution in [-0.4, -0.2) is 73.4 Å². The van der Waals surface area contributed by atoms with Gasteiger partial charge in [0.1, 0.15) is 13.2 Å². The Kier molecular flexibility index (Phi) is 38.0. The zero-order valence-electron chi connectivity index (χ0n) is 37.3. The fourth-order valence-electron chi connectivity index (χ4n) is 6.07. The molecule has 0 bridgehead atoms. The molecule has 0 aromatic carbocycles. The van der Waals surface area contributed by atoms with E-state index in [0.29, 0.717) is 17.4 Å². The van der Waals surface area contributed by atoms with Gasteiger partial charge in [-0.15, -0.1) is 0 Å². The van der Waals surface area contributed by atoms with E-state index in [1.807, 2.05) is 27.2 Å². The van der Waals surface area contributed by atoms with Gasteiger partial charge in [-0.05, 0) is 64.2 Å². The molecule has 9 heteroatoms. The quantitative estimate of drug-likeness (QED) is 0.0246. The lowest BCUT2D eigenvalue weighted by molar-refractivity contribution is -0.870. The van der Waals surface area contributed by atoms with Gasteiger partial charge in [0.25, 0.3) is 0 Å². The van der Waals surface area contributed by atoms with Gasteiger partial charge in [0.05, 0.1) is 39.9 Å². The fraction of sp³-hybridized carbons (Fsp3) is 0.729. The Hall–Kier alpha value is -2.06. The number of likely N-dealkylation sites (N-methyl/N-ethyl adjacent to an activating group) is 1. The zero-order valence-corrected chi connectivity index (χ0v) is 38.2. The van der Waals surface area contributed by atoms with E-state index in [0.717, 1.165) is 77.0 Å². The number of nitrogens with one attached hydrogen (secondary N) is 1. The lowest BCUT2D eigenvalue weighted by Gasteiger charge is -2.25. The molecular weight excluding hydrogens is 732 g/mol. The number of hydrogen-bond donors (Lipinski definition) is 3. The van der Waals surface area contributed by atoms with Gasteiger partial charge in [-0.3, -0.25) is 13.8 Å². The van der Waals surface area contributed by atoms with Crippen molar-refractivity contribution in [3.8, 4) is 0 Å². The number of amides is 1. The zero-order chi connectivity index (χ0) is 42.1. The van der Waals surface area contributed by atoms with Crippen LogP contribution in [0, 0.1) is 0 Å². The molecular formula is C48H88N2O6P+. The van der Waals surface area contributed by atoms with Gasteiger partial charge in [-0.2, -0.15) is 0 Å². The van der Waals surface area contributed by atoms with Crippen molar-refractivity contribution >= 4 is 13.7 Å². The van der Waals surface area contributed by atoms with Crippen molar-refractivity contribution in [3.05, 3.63) is 72.9 Å². The number of phosphoric acid groups is 1. The van der Waals surface area contributed by atoms with Crippen LogP contribution >= 0.6 is 7.82 Å². The molecule has 1 amide bonds. The first-order valence-electron chi connectivity index (χ1n) is 22.8. The van der Waals surface area contributed by atoms with Crippen LogP contribution in [0.3, 0.4) is 0 Å². The molecule has 0 aliphatic rings. The summed E-state index contributed by atoms with van der Waals surface area (Å²) in [5.41, 5.74) is 0. The molecule has 0 saturated heterocycles. The fourth-order valence-corrected chi connectivity index (χ4v) is 6.80. The van der Waals surface area contributed by atoms with Crippen molar-refractivity contribution in [1.29, 1.82) is 0 Å². The number of nitrogens with zero attached hydrogens (tertiary/aromatic N) is 1. The normalized spacial score (nSPS) is 15.0. The lowest BCUT2D eigenvalue weighted by atomic mass is 10.0. The van der Waals surface area contributed by atoms with Gasteiger partial charge in [-0.1, -0.05) is 177 Å². The molecule has 57 heavy (non-hydrogen) atoms. The average Bonchev–Trinajstić information content (AvgIpc) is 3.16. The van der Waals surface area contributed by atoms with Gasteiger partial charge >= 0.3 is 7.82 Å². The lowest BCUT2D eigenvalue weighted by Crippen LogP contribution is -2.45. The highest BCUT2D eigenvalue weighted by Gasteiger charge is 2.27. The van der Waals surface area contributed by atoms with Crippen molar-refractivity contribution in [1.82, 2.24) is 5.32 Å². The second-order valence-corrected chi connectivity index (χ2v) is 17.9. The van der Waals surface area contributed by atoms with E-state index in [1.165, 1.54) is 77.0 Å². The van der Waals surface area contributed by atoms with Gasteiger partial charge in [0.15, 0.2) is 0 Å². The highest BCUT2D eigenvalue weighted by molar-refractivity contribution is 7.47. The van der Waals surface area contributed by atoms with E-state index in [2.05, 4.69) is 79.9 Å². The topological polar surface area (TPSA) is 105 Å². The summed E-state index contributed by atoms with van der Waals surface area (Å²) in [5, 5.41) is 13.8. The number of carbonyl (C=O) groups is 1. The summed E-state index contributed by atoms with van der Waals surface area (Å²) in [7, 11) is 1.54. The Bertz CT molecular complexity index is 1160. The summed E-state index contributed by atoms with van der Waals surface area (Å²) in [6.07, 6.45) is 52.5. The number of hydrogen-bond acceptors (Lipinski definition) is 5. The minimum Gasteiger partial charge on any atom is -0.387 e. The summed E-state index contributed by atoms with van der Waals surface area (Å²) in [6, 6.07) is -0.867. The third-order valence-electron chi connectivity index (χ3n) is 9.68. The van der Waals surface area contributed by atoms with Crippen molar-refractivity contribution in [2.45, 2.75) is 187 Å². The molecule has 3 atom stereocenters. The maximum atomic E-state index is 12.9. The predicted molar refractivity (Wildman–Crippen MR) is 244 cm³/mol. The average molecular weight is 820 g/mol. The Balaban J connectivity index is 4.50. The third kappa shape index (κ3) is 41.9. The number of aliphatic hydroxyl groups excluding tert-OH is 1. The van der Waals surface area contributed by atoms with E-state index in [4.69, 9.17) is 9.05 Å². The number of allylic oxidation sites excluding steroid dienone is 11. The van der Waals surface area contributed by atoms with E-state index >= 15 is 0 Å². The standard InChI is InChI=1S/C48H87N2O6P/c1-6-8-10-12-14-16-18-20-22-24-25-26-28-30-32-34-36-38-40-42-48(52)49-46(45-56-57(53,54)55-44-43-50(3,4)5)47(51)41-39-37-35-33-31-29-27-23-21-19-17-15-13-11-9-7-2/h8,10,14,16,20,22,25-26,30,32,39,41,46-47,51H,6-7,9,11-13,15,17-19,21,23-24,27-29,31,33-38,40,42-45H2,1-5H3,(H-,49,52,53,54)/p+1/b10-8-,16-14-,22-20-,26-25-,32-30-,41-39+. The van der Waals surface area contributed by atoms with E-state index < -0.39 is 20.0 Å². The van der Waals surface area contributed by atoms with Crippen molar-refractivity contribution in [3.63, 3.8) is 0 Å². The number of quaternary nitrogens is 1. The first-order chi connectivity index (χ1) is 27.5. The van der Waals surface area contributed by atoms with Crippen molar-refractivity contribution in [2.24, 2.45) is 0 Å². The Morgan fingerprint density at radius 3 is 1.54 bits per heavy atom. The molecule has 3 unspecified atom stereocenters. The molecule has 8 nitrogen and oxygen atoms in total. The van der Waals surface area contributed by atoms with E-state index in [-0.39, 0.29) is 19.1 Å². The van der Waals surface area contributed by atoms with Crippen LogP contribution in [0.1, 0.15) is 174 Å². The molecule has 0 heterocycles. The van der Waals surface area contributed by atoms with Crippen LogP contribution in [0.4, 0.5) is 0 Å². The van der Waals surface area contributed by atoms with Gasteiger partial charge in [0.2, 0.25) is 5.91 Å². The van der Waals surface area contributed by atoms with Crippen LogP contribution in [-0.2, 0) is 18.4 Å². The van der Waals surface area contributed by atoms with Crippen molar-refractivity contribution < 1.29 is 32.9 Å². The molecule has 0 radical (unpaired) electrons. The third-order valence-corrected chi connectivity index (χ3v) is 10.7. The first kappa shape index (κ1) is 54.9. The largest absolute Gasteiger partial charge is 0.472 e. The van der Waals surface area contributed by atoms with E-state index in [9.17, 15) is 19.4 Å². The summed E-state index contributed by atoms with van der Waals surface area (Å²) < 4.78 is 23.6. The maximum absolute atomic E-state index is 12.9. The molecule has 3 N–H and O–H groups in total. The van der Waals surface area contributed by atoms with Crippen LogP contribution < -0.4 is 5.32 Å². The Morgan fingerprint density at radius 2 is 1.05 bits per heavy atom. The van der Waals surface area contributed by atoms with Crippen LogP contribution in [0.15, 0.2) is 72.9 Å². The summed E-state index contributed by atoms with van der Waals surface area (Å²) in [5.74, 6) is -0.211. The Morgan fingerprint density at radius 1 is 0.614 bits per heavy atom. The summed E-state index contributed by atoms with van der Waals surface area (Å²) in [6.45, 7) is 4.66. The number of carbonyl (C=O) groups excluding carboxylic acids is 1. The molecule has 0 aliphatic carbocycles. The summed E-state index contributed by atoms with van der Waals surface area (Å²) >= 11 is 0. The molecule has 0 rings (SSSR count). The molecule has 0 spiro atoms. The highest BCUT2D eigenvalue weighted by Crippen LogP contribution is 2.43. The smallest absolute Gasteiger partial charge is 0.387 e. The minimum absolute atomic E-state index is 0.0512. The van der Waals surface area contributed by atoms with Gasteiger partial charge in [0, 0.05) is 6.42 Å². The number of aliphatic hydroxyl groups is 1. The molecule has 330 valence electrons. The SMILES string of the molecule is CC/C=C\C/C=C\C/C=C\C/C=C\C/C=C\CCCCCC(=O)NC(COP(=O)(O)OCC[N+](C)(C)C)C(O)/C=C/CCCCCCCCCCCCCCCC. The second-order valence-electron chi connectivity index (χ2n) is 16.4. The molecule has 0 aromatic heterocycles. The minimum atomic E-state index is -4.35. The van der Waals surface area contributed by atoms with E-state index in [1.54, 1.807) is 6.08 Å². The summed E-state index contributed by atoms with van der Waals surface area (Å²) in [4.78, 5) is 23.1. The second kappa shape index (κ2) is 39.4. The van der Waals surface area contributed by atoms with Crippen LogP contribution in [0.5, 0.6) is 0 Å². The molecule has 0 aliphatic heterocycles. The predicted octanol–water partition coefficient (Wildman–Crippen LogP) is 12.8. The number of unbranched alkanes of at least 4 members (excludes halogenated alkanes) is 17. The molecule has 0 aromatic rings. The number of rotatable bonds is 40. The number of phosphoric ester groups is 1. The first-order valence-corrected chi connectivity index (χ1v) is 24.3. The molecule has 0 saturated carbocycles. The molecule has 0 fully saturated rings. The van der Waals surface area contributed by atoms with Crippen LogP contribution in [0.2, 0.25) is 0 Å².